The van der Waals surface area contributed by atoms with Crippen LogP contribution in [0.25, 0.3) is 0 Å². The predicted octanol–water partition coefficient (Wildman–Crippen LogP) is 2.89. The quantitative estimate of drug-likeness (QED) is 0.613. The van der Waals surface area contributed by atoms with E-state index in [2.05, 4.69) is 21.2 Å². The third kappa shape index (κ3) is 5.01. The SMILES string of the molecule is Cc1csc(=O)n1CC(=O)NCCSc1ccc(Br)cc1. The summed E-state index contributed by atoms with van der Waals surface area (Å²) in [6.45, 7) is 2.50. The summed E-state index contributed by atoms with van der Waals surface area (Å²) in [5, 5.41) is 4.60. The molecule has 2 aromatic rings. The lowest BCUT2D eigenvalue weighted by Gasteiger charge is -2.07. The van der Waals surface area contributed by atoms with E-state index in [-0.39, 0.29) is 17.3 Å². The van der Waals surface area contributed by atoms with Gasteiger partial charge in [-0.25, -0.2) is 0 Å². The first-order valence-electron chi connectivity index (χ1n) is 6.36. The number of carbonyl (C=O) groups excluding carboxylic acids is 1. The van der Waals surface area contributed by atoms with Gasteiger partial charge in [-0.1, -0.05) is 27.3 Å². The van der Waals surface area contributed by atoms with E-state index in [1.165, 1.54) is 4.57 Å². The van der Waals surface area contributed by atoms with Gasteiger partial charge in [0, 0.05) is 32.7 Å². The van der Waals surface area contributed by atoms with Crippen molar-refractivity contribution >= 4 is 44.9 Å². The molecular weight excluding hydrogens is 372 g/mol. The number of thiazole rings is 1. The normalized spacial score (nSPS) is 10.6. The third-order valence-corrected chi connectivity index (χ3v) is 5.21. The van der Waals surface area contributed by atoms with Crippen LogP contribution >= 0.6 is 39.0 Å². The number of halogens is 1. The van der Waals surface area contributed by atoms with Crippen LogP contribution in [0, 0.1) is 6.92 Å². The fraction of sp³-hybridized carbons (Fsp3) is 0.286. The second-order valence-electron chi connectivity index (χ2n) is 4.38. The molecule has 0 spiro atoms. The van der Waals surface area contributed by atoms with E-state index in [9.17, 15) is 9.59 Å². The topological polar surface area (TPSA) is 51.1 Å². The van der Waals surface area contributed by atoms with Gasteiger partial charge in [0.15, 0.2) is 0 Å². The molecule has 1 aromatic heterocycles. The monoisotopic (exact) mass is 386 g/mol. The molecule has 1 heterocycles. The maximum atomic E-state index is 11.8. The molecule has 0 aliphatic rings. The number of hydrogen-bond donors (Lipinski definition) is 1. The van der Waals surface area contributed by atoms with Gasteiger partial charge in [-0.3, -0.25) is 14.2 Å². The van der Waals surface area contributed by atoms with Gasteiger partial charge in [0.05, 0.1) is 0 Å². The van der Waals surface area contributed by atoms with Gasteiger partial charge in [-0.05, 0) is 31.2 Å². The average molecular weight is 387 g/mol. The minimum absolute atomic E-state index is 0.0908. The number of benzene rings is 1. The zero-order valence-corrected chi connectivity index (χ0v) is 14.7. The third-order valence-electron chi connectivity index (χ3n) is 2.78. The largest absolute Gasteiger partial charge is 0.354 e. The molecule has 2 rings (SSSR count). The van der Waals surface area contributed by atoms with Crippen LogP contribution in [0.1, 0.15) is 5.69 Å². The van der Waals surface area contributed by atoms with Gasteiger partial charge in [0.1, 0.15) is 6.54 Å². The van der Waals surface area contributed by atoms with Crippen LogP contribution in [0.5, 0.6) is 0 Å². The molecule has 0 atom stereocenters. The Morgan fingerprint density at radius 2 is 2.10 bits per heavy atom. The molecule has 1 aromatic carbocycles. The van der Waals surface area contributed by atoms with Crippen molar-refractivity contribution in [2.75, 3.05) is 12.3 Å². The van der Waals surface area contributed by atoms with Crippen molar-refractivity contribution in [3.05, 3.63) is 49.5 Å². The number of nitrogens with zero attached hydrogens (tertiary/aromatic N) is 1. The number of carbonyl (C=O) groups is 1. The molecule has 0 saturated heterocycles. The number of amides is 1. The first-order valence-corrected chi connectivity index (χ1v) is 9.02. The van der Waals surface area contributed by atoms with E-state index in [4.69, 9.17) is 0 Å². The van der Waals surface area contributed by atoms with Gasteiger partial charge < -0.3 is 5.32 Å². The zero-order chi connectivity index (χ0) is 15.2. The standard InChI is InChI=1S/C14H15BrN2O2S2/c1-10-9-21-14(19)17(10)8-13(18)16-6-7-20-12-4-2-11(15)3-5-12/h2-5,9H,6-8H2,1H3,(H,16,18). The van der Waals surface area contributed by atoms with Crippen LogP contribution < -0.4 is 10.2 Å². The summed E-state index contributed by atoms with van der Waals surface area (Å²) in [5.74, 6) is 0.667. The zero-order valence-electron chi connectivity index (χ0n) is 11.5. The minimum atomic E-state index is -0.130. The van der Waals surface area contributed by atoms with Gasteiger partial charge in [-0.15, -0.1) is 11.8 Å². The van der Waals surface area contributed by atoms with Gasteiger partial charge in [0.25, 0.3) is 0 Å². The predicted molar refractivity (Wildman–Crippen MR) is 91.2 cm³/mol. The molecule has 0 bridgehead atoms. The van der Waals surface area contributed by atoms with Crippen molar-refractivity contribution in [2.45, 2.75) is 18.4 Å². The van der Waals surface area contributed by atoms with E-state index in [1.54, 1.807) is 17.1 Å². The number of hydrogen-bond acceptors (Lipinski definition) is 4. The molecule has 0 unspecified atom stereocenters. The molecule has 0 fully saturated rings. The lowest BCUT2D eigenvalue weighted by molar-refractivity contribution is -0.121. The fourth-order valence-electron chi connectivity index (χ4n) is 1.69. The average Bonchev–Trinajstić information content (AvgIpc) is 2.77. The van der Waals surface area contributed by atoms with Crippen LogP contribution in [-0.2, 0) is 11.3 Å². The molecule has 0 aliphatic heterocycles. The molecule has 7 heteroatoms. The molecule has 0 aliphatic carbocycles. The molecule has 1 N–H and O–H groups in total. The van der Waals surface area contributed by atoms with Crippen molar-refractivity contribution < 1.29 is 4.79 Å². The highest BCUT2D eigenvalue weighted by Gasteiger charge is 2.07. The number of aromatic nitrogens is 1. The highest BCUT2D eigenvalue weighted by molar-refractivity contribution is 9.10. The van der Waals surface area contributed by atoms with Gasteiger partial charge >= 0.3 is 4.87 Å². The van der Waals surface area contributed by atoms with Crippen LogP contribution in [0.2, 0.25) is 0 Å². The van der Waals surface area contributed by atoms with Crippen molar-refractivity contribution in [1.82, 2.24) is 9.88 Å². The molecular formula is C14H15BrN2O2S2. The molecule has 4 nitrogen and oxygen atoms in total. The Morgan fingerprint density at radius 1 is 1.38 bits per heavy atom. The van der Waals surface area contributed by atoms with E-state index in [1.807, 2.05) is 31.2 Å². The van der Waals surface area contributed by atoms with Crippen LogP contribution in [0.4, 0.5) is 0 Å². The molecule has 0 saturated carbocycles. The number of thioether (sulfide) groups is 1. The summed E-state index contributed by atoms with van der Waals surface area (Å²) >= 11 is 6.20. The van der Waals surface area contributed by atoms with Gasteiger partial charge in [-0.2, -0.15) is 0 Å². The van der Waals surface area contributed by atoms with Crippen LogP contribution in [0.15, 0.2) is 43.8 Å². The first-order chi connectivity index (χ1) is 10.1. The summed E-state index contributed by atoms with van der Waals surface area (Å²) < 4.78 is 2.54. The van der Waals surface area contributed by atoms with Gasteiger partial charge in [0.2, 0.25) is 5.91 Å². The minimum Gasteiger partial charge on any atom is -0.354 e. The fourth-order valence-corrected chi connectivity index (χ4v) is 3.45. The highest BCUT2D eigenvalue weighted by Crippen LogP contribution is 2.19. The van der Waals surface area contributed by atoms with Crippen molar-refractivity contribution in [2.24, 2.45) is 0 Å². The van der Waals surface area contributed by atoms with Crippen molar-refractivity contribution in [1.29, 1.82) is 0 Å². The van der Waals surface area contributed by atoms with E-state index < -0.39 is 0 Å². The van der Waals surface area contributed by atoms with Crippen LogP contribution in [-0.4, -0.2) is 22.8 Å². The lowest BCUT2D eigenvalue weighted by atomic mass is 10.4. The number of aryl methyl sites for hydroxylation is 1. The molecule has 0 radical (unpaired) electrons. The maximum absolute atomic E-state index is 11.8. The Bertz CT molecular complexity index is 664. The van der Waals surface area contributed by atoms with E-state index in [0.717, 1.165) is 32.2 Å². The Labute approximate surface area is 139 Å². The Balaban J connectivity index is 1.72. The number of rotatable bonds is 6. The summed E-state index contributed by atoms with van der Waals surface area (Å²) in [5.41, 5.74) is 0.824. The highest BCUT2D eigenvalue weighted by atomic mass is 79.9. The van der Waals surface area contributed by atoms with Crippen molar-refractivity contribution in [3.8, 4) is 0 Å². The second kappa shape index (κ2) is 7.82. The molecule has 1 amide bonds. The van der Waals surface area contributed by atoms with E-state index in [0.29, 0.717) is 6.54 Å². The number of nitrogens with one attached hydrogen (secondary N) is 1. The van der Waals surface area contributed by atoms with Crippen LogP contribution in [0.3, 0.4) is 0 Å². The Morgan fingerprint density at radius 3 is 2.71 bits per heavy atom. The summed E-state index contributed by atoms with van der Waals surface area (Å²) in [6, 6.07) is 8.05. The molecule has 21 heavy (non-hydrogen) atoms. The van der Waals surface area contributed by atoms with E-state index >= 15 is 0 Å². The smallest absolute Gasteiger partial charge is 0.307 e. The Hall–Kier alpha value is -1.05. The maximum Gasteiger partial charge on any atom is 0.307 e. The summed E-state index contributed by atoms with van der Waals surface area (Å²) in [4.78, 5) is 24.4. The Kier molecular flexibility index (Phi) is 6.08. The lowest BCUT2D eigenvalue weighted by Crippen LogP contribution is -2.32. The molecule has 112 valence electrons. The summed E-state index contributed by atoms with van der Waals surface area (Å²) in [6.07, 6.45) is 0. The second-order valence-corrected chi connectivity index (χ2v) is 7.29. The van der Waals surface area contributed by atoms with Crippen molar-refractivity contribution in [3.63, 3.8) is 0 Å². The first kappa shape index (κ1) is 16.3. The summed E-state index contributed by atoms with van der Waals surface area (Å²) in [7, 11) is 0.